The van der Waals surface area contributed by atoms with Crippen molar-refractivity contribution in [1.29, 1.82) is 0 Å². The number of anilines is 1. The first-order valence-corrected chi connectivity index (χ1v) is 6.72. The summed E-state index contributed by atoms with van der Waals surface area (Å²) in [5.74, 6) is 2.52. The predicted octanol–water partition coefficient (Wildman–Crippen LogP) is 3.98. The van der Waals surface area contributed by atoms with E-state index in [-0.39, 0.29) is 5.82 Å². The van der Waals surface area contributed by atoms with E-state index in [4.69, 9.17) is 0 Å². The van der Waals surface area contributed by atoms with Gasteiger partial charge in [-0.2, -0.15) is 0 Å². The lowest BCUT2D eigenvalue weighted by Crippen LogP contribution is -2.20. The molecule has 2 fully saturated rings. The van der Waals surface area contributed by atoms with Crippen LogP contribution in [0.15, 0.2) is 18.2 Å². The topological polar surface area (TPSA) is 12.0 Å². The van der Waals surface area contributed by atoms with Crippen LogP contribution in [0.2, 0.25) is 0 Å². The van der Waals surface area contributed by atoms with Gasteiger partial charge in [0, 0.05) is 6.54 Å². The van der Waals surface area contributed by atoms with Crippen molar-refractivity contribution < 1.29 is 4.39 Å². The van der Waals surface area contributed by atoms with Crippen molar-refractivity contribution in [2.24, 2.45) is 17.8 Å². The summed E-state index contributed by atoms with van der Waals surface area (Å²) in [4.78, 5) is 0. The van der Waals surface area contributed by atoms with Gasteiger partial charge in [-0.3, -0.25) is 0 Å². The van der Waals surface area contributed by atoms with E-state index in [0.717, 1.165) is 29.9 Å². The van der Waals surface area contributed by atoms with Gasteiger partial charge in [0.2, 0.25) is 0 Å². The lowest BCUT2D eigenvalue weighted by Gasteiger charge is -2.22. The van der Waals surface area contributed by atoms with Crippen LogP contribution < -0.4 is 5.32 Å². The summed E-state index contributed by atoms with van der Waals surface area (Å²) in [7, 11) is 0. The minimum atomic E-state index is -0.126. The molecule has 0 amide bonds. The molecule has 0 aliphatic heterocycles. The van der Waals surface area contributed by atoms with Crippen molar-refractivity contribution in [3.8, 4) is 0 Å². The SMILES string of the molecule is Cc1ccc(F)c(NCC2CC3CCC2C3)c1. The molecule has 3 atom stereocenters. The Labute approximate surface area is 102 Å². The molecule has 0 aromatic heterocycles. The highest BCUT2D eigenvalue weighted by Crippen LogP contribution is 2.48. The normalized spacial score (nSPS) is 30.8. The number of hydrogen-bond acceptors (Lipinski definition) is 1. The van der Waals surface area contributed by atoms with Crippen molar-refractivity contribution >= 4 is 5.69 Å². The van der Waals surface area contributed by atoms with Gasteiger partial charge in [0.1, 0.15) is 5.82 Å². The number of fused-ring (bicyclic) bond motifs is 2. The van der Waals surface area contributed by atoms with Crippen LogP contribution in [-0.4, -0.2) is 6.54 Å². The van der Waals surface area contributed by atoms with Crippen molar-refractivity contribution in [2.75, 3.05) is 11.9 Å². The fraction of sp³-hybridized carbons (Fsp3) is 0.600. The quantitative estimate of drug-likeness (QED) is 0.832. The third-order valence-corrected chi connectivity index (χ3v) is 4.56. The lowest BCUT2D eigenvalue weighted by atomic mass is 9.89. The summed E-state index contributed by atoms with van der Waals surface area (Å²) in [5, 5.41) is 3.31. The maximum atomic E-state index is 13.6. The number of nitrogens with one attached hydrogen (secondary N) is 1. The molecule has 2 aliphatic carbocycles. The third-order valence-electron chi connectivity index (χ3n) is 4.56. The highest BCUT2D eigenvalue weighted by atomic mass is 19.1. The van der Waals surface area contributed by atoms with Crippen LogP contribution in [0.1, 0.15) is 31.2 Å². The van der Waals surface area contributed by atoms with Gasteiger partial charge in [-0.05, 0) is 61.6 Å². The molecule has 3 rings (SSSR count). The van der Waals surface area contributed by atoms with Gasteiger partial charge in [-0.1, -0.05) is 12.5 Å². The Morgan fingerprint density at radius 3 is 2.88 bits per heavy atom. The van der Waals surface area contributed by atoms with Gasteiger partial charge < -0.3 is 5.32 Å². The van der Waals surface area contributed by atoms with Gasteiger partial charge >= 0.3 is 0 Å². The molecular weight excluding hydrogens is 213 g/mol. The Hall–Kier alpha value is -1.05. The molecule has 2 bridgehead atoms. The fourth-order valence-corrected chi connectivity index (χ4v) is 3.64. The number of hydrogen-bond donors (Lipinski definition) is 1. The summed E-state index contributed by atoms with van der Waals surface area (Å²) < 4.78 is 13.6. The van der Waals surface area contributed by atoms with Gasteiger partial charge in [-0.25, -0.2) is 4.39 Å². The van der Waals surface area contributed by atoms with Crippen LogP contribution in [0.5, 0.6) is 0 Å². The van der Waals surface area contributed by atoms with E-state index in [0.29, 0.717) is 5.69 Å². The van der Waals surface area contributed by atoms with E-state index in [1.807, 2.05) is 19.1 Å². The van der Waals surface area contributed by atoms with E-state index < -0.39 is 0 Å². The molecule has 2 aliphatic rings. The first-order chi connectivity index (χ1) is 8.22. The van der Waals surface area contributed by atoms with Crippen molar-refractivity contribution in [2.45, 2.75) is 32.6 Å². The summed E-state index contributed by atoms with van der Waals surface area (Å²) in [6.07, 6.45) is 5.60. The second-order valence-corrected chi connectivity index (χ2v) is 5.80. The van der Waals surface area contributed by atoms with Crippen LogP contribution in [0, 0.1) is 30.5 Å². The fourth-order valence-electron chi connectivity index (χ4n) is 3.64. The zero-order chi connectivity index (χ0) is 11.8. The van der Waals surface area contributed by atoms with Crippen molar-refractivity contribution in [3.05, 3.63) is 29.6 Å². The maximum Gasteiger partial charge on any atom is 0.146 e. The zero-order valence-electron chi connectivity index (χ0n) is 10.4. The van der Waals surface area contributed by atoms with Crippen LogP contribution in [-0.2, 0) is 0 Å². The Bertz CT molecular complexity index is 415. The summed E-state index contributed by atoms with van der Waals surface area (Å²) in [6, 6.07) is 5.28. The summed E-state index contributed by atoms with van der Waals surface area (Å²) in [5.41, 5.74) is 1.79. The van der Waals surface area contributed by atoms with Crippen LogP contribution in [0.4, 0.5) is 10.1 Å². The predicted molar refractivity (Wildman–Crippen MR) is 68.6 cm³/mol. The highest BCUT2D eigenvalue weighted by molar-refractivity contribution is 5.47. The summed E-state index contributed by atoms with van der Waals surface area (Å²) in [6.45, 7) is 2.95. The highest BCUT2D eigenvalue weighted by Gasteiger charge is 2.39. The largest absolute Gasteiger partial charge is 0.382 e. The van der Waals surface area contributed by atoms with E-state index >= 15 is 0 Å². The molecule has 2 heteroatoms. The average molecular weight is 233 g/mol. The van der Waals surface area contributed by atoms with Gasteiger partial charge in [0.15, 0.2) is 0 Å². The van der Waals surface area contributed by atoms with Crippen molar-refractivity contribution in [1.82, 2.24) is 0 Å². The Morgan fingerprint density at radius 1 is 1.29 bits per heavy atom. The molecule has 0 saturated heterocycles. The number of aryl methyl sites for hydroxylation is 1. The van der Waals surface area contributed by atoms with E-state index in [1.54, 1.807) is 6.07 Å². The molecule has 92 valence electrons. The minimum absolute atomic E-state index is 0.126. The average Bonchev–Trinajstić information content (AvgIpc) is 2.92. The Morgan fingerprint density at radius 2 is 2.18 bits per heavy atom. The Kier molecular flexibility index (Phi) is 2.81. The first kappa shape index (κ1) is 11.1. The van der Waals surface area contributed by atoms with Crippen molar-refractivity contribution in [3.63, 3.8) is 0 Å². The molecule has 1 aromatic rings. The second kappa shape index (κ2) is 4.32. The van der Waals surface area contributed by atoms with Crippen LogP contribution in [0.3, 0.4) is 0 Å². The molecule has 1 aromatic carbocycles. The molecule has 1 N–H and O–H groups in total. The third kappa shape index (κ3) is 2.18. The minimum Gasteiger partial charge on any atom is -0.382 e. The molecule has 0 heterocycles. The smallest absolute Gasteiger partial charge is 0.146 e. The molecule has 17 heavy (non-hydrogen) atoms. The van der Waals surface area contributed by atoms with E-state index in [1.165, 1.54) is 25.7 Å². The van der Waals surface area contributed by atoms with Gasteiger partial charge in [-0.15, -0.1) is 0 Å². The molecule has 0 spiro atoms. The lowest BCUT2D eigenvalue weighted by molar-refractivity contribution is 0.348. The second-order valence-electron chi connectivity index (χ2n) is 5.80. The number of benzene rings is 1. The van der Waals surface area contributed by atoms with Crippen LogP contribution >= 0.6 is 0 Å². The Balaban J connectivity index is 1.62. The monoisotopic (exact) mass is 233 g/mol. The van der Waals surface area contributed by atoms with Gasteiger partial charge in [0.05, 0.1) is 5.69 Å². The van der Waals surface area contributed by atoms with E-state index in [2.05, 4.69) is 5.32 Å². The molecule has 0 radical (unpaired) electrons. The zero-order valence-corrected chi connectivity index (χ0v) is 10.4. The molecular formula is C15H20FN. The van der Waals surface area contributed by atoms with Gasteiger partial charge in [0.25, 0.3) is 0 Å². The molecule has 1 nitrogen and oxygen atoms in total. The maximum absolute atomic E-state index is 13.6. The molecule has 3 unspecified atom stereocenters. The standard InChI is InChI=1S/C15H20FN/c1-10-2-5-14(16)15(6-10)17-9-13-8-11-3-4-12(13)7-11/h2,5-6,11-13,17H,3-4,7-9H2,1H3. The number of rotatable bonds is 3. The van der Waals surface area contributed by atoms with E-state index in [9.17, 15) is 4.39 Å². The molecule has 2 saturated carbocycles. The first-order valence-electron chi connectivity index (χ1n) is 6.72. The summed E-state index contributed by atoms with van der Waals surface area (Å²) >= 11 is 0. The van der Waals surface area contributed by atoms with Crippen LogP contribution in [0.25, 0.3) is 0 Å². The number of halogens is 1.